The summed E-state index contributed by atoms with van der Waals surface area (Å²) in [6.07, 6.45) is 2.86. The summed E-state index contributed by atoms with van der Waals surface area (Å²) in [6.45, 7) is 11.8. The number of nitrogens with zero attached hydrogens (tertiary/aromatic N) is 6. The third-order valence-electron chi connectivity index (χ3n) is 7.25. The maximum atomic E-state index is 15.9. The molecule has 1 aliphatic heterocycles. The highest BCUT2D eigenvalue weighted by atomic mass is 32.1. The topological polar surface area (TPSA) is 87.3 Å². The summed E-state index contributed by atoms with van der Waals surface area (Å²) in [5.41, 5.74) is 3.08. The zero-order chi connectivity index (χ0) is 31.5. The molecule has 9 nitrogen and oxygen atoms in total. The van der Waals surface area contributed by atoms with Crippen molar-refractivity contribution >= 4 is 27.5 Å². The van der Waals surface area contributed by atoms with Gasteiger partial charge in [0.15, 0.2) is 0 Å². The van der Waals surface area contributed by atoms with Crippen molar-refractivity contribution in [2.45, 2.75) is 72.4 Å². The quantitative estimate of drug-likeness (QED) is 0.203. The molecule has 0 aliphatic carbocycles. The van der Waals surface area contributed by atoms with Gasteiger partial charge in [0.25, 0.3) is 0 Å². The van der Waals surface area contributed by atoms with Crippen molar-refractivity contribution in [3.8, 4) is 39.5 Å². The first kappa shape index (κ1) is 29.7. The van der Waals surface area contributed by atoms with Crippen LogP contribution in [-0.2, 0) is 24.9 Å². The Morgan fingerprint density at radius 3 is 2.59 bits per heavy atom. The molecule has 0 N–H and O–H groups in total. The Morgan fingerprint density at radius 2 is 1.91 bits per heavy atom. The molecule has 0 unspecified atom stereocenters. The van der Waals surface area contributed by atoms with Crippen LogP contribution >= 0.6 is 11.3 Å². The molecular weight excluding hydrogens is 586 g/mol. The number of aryl methyl sites for hydroxylation is 1. The lowest BCUT2D eigenvalue weighted by molar-refractivity contribution is 0.00907. The van der Waals surface area contributed by atoms with Gasteiger partial charge in [-0.05, 0) is 59.1 Å². The number of thiophene rings is 1. The highest BCUT2D eigenvalue weighted by Crippen LogP contribution is 2.47. The molecule has 0 saturated heterocycles. The number of rotatable bonds is 5. The molecule has 4 aromatic heterocycles. The third-order valence-corrected chi connectivity index (χ3v) is 8.19. The number of benzene rings is 1. The SMILES string of the molecule is CC(C)Oc1cc(F)cc(F)c1-c1c(-c2cc3n(n2)C[C@@H](C)N(C(=O)OC(C)(C)C)C3)nc(-c2cnn(C)c2)c2ccsc12. The molecule has 1 aromatic carbocycles. The predicted molar refractivity (Wildman–Crippen MR) is 165 cm³/mol. The minimum absolute atomic E-state index is 0.0815. The van der Waals surface area contributed by atoms with E-state index in [1.165, 1.54) is 17.4 Å². The fourth-order valence-electron chi connectivity index (χ4n) is 5.45. The van der Waals surface area contributed by atoms with E-state index in [0.717, 1.165) is 27.4 Å². The monoisotopic (exact) mass is 620 g/mol. The smallest absolute Gasteiger partial charge is 0.410 e. The second kappa shape index (κ2) is 11.0. The van der Waals surface area contributed by atoms with Crippen molar-refractivity contribution in [3.05, 3.63) is 59.4 Å². The second-order valence-corrected chi connectivity index (χ2v) is 13.3. The number of hydrogen-bond donors (Lipinski definition) is 0. The van der Waals surface area contributed by atoms with Crippen molar-refractivity contribution in [3.63, 3.8) is 0 Å². The van der Waals surface area contributed by atoms with Gasteiger partial charge in [-0.3, -0.25) is 14.3 Å². The summed E-state index contributed by atoms with van der Waals surface area (Å²) in [5.74, 6) is -1.42. The Kier molecular flexibility index (Phi) is 7.43. The molecule has 0 spiro atoms. The first-order valence-corrected chi connectivity index (χ1v) is 15.3. The maximum absolute atomic E-state index is 15.9. The fourth-order valence-corrected chi connectivity index (χ4v) is 6.39. The molecule has 1 atom stereocenters. The van der Waals surface area contributed by atoms with Crippen LogP contribution in [0.2, 0.25) is 0 Å². The van der Waals surface area contributed by atoms with E-state index in [1.54, 1.807) is 29.6 Å². The van der Waals surface area contributed by atoms with E-state index in [-0.39, 0.29) is 30.0 Å². The van der Waals surface area contributed by atoms with Gasteiger partial charge in [-0.2, -0.15) is 10.2 Å². The number of hydrogen-bond acceptors (Lipinski definition) is 7. The molecule has 5 aromatic rings. The number of carbonyl (C=O) groups is 1. The molecule has 1 amide bonds. The van der Waals surface area contributed by atoms with E-state index in [9.17, 15) is 9.18 Å². The maximum Gasteiger partial charge on any atom is 0.410 e. The average Bonchev–Trinajstić information content (AvgIpc) is 3.65. The van der Waals surface area contributed by atoms with Crippen LogP contribution < -0.4 is 4.74 Å². The number of amides is 1. The number of pyridine rings is 1. The normalized spacial score (nSPS) is 15.2. The summed E-state index contributed by atoms with van der Waals surface area (Å²) >= 11 is 1.43. The van der Waals surface area contributed by atoms with Crippen molar-refractivity contribution in [2.24, 2.45) is 7.05 Å². The minimum atomic E-state index is -0.763. The third kappa shape index (κ3) is 5.54. The lowest BCUT2D eigenvalue weighted by Crippen LogP contribution is -2.46. The van der Waals surface area contributed by atoms with E-state index in [4.69, 9.17) is 19.6 Å². The molecule has 0 saturated carbocycles. The number of aromatic nitrogens is 5. The Bertz CT molecular complexity index is 1890. The van der Waals surface area contributed by atoms with Crippen LogP contribution in [0.25, 0.3) is 43.9 Å². The second-order valence-electron chi connectivity index (χ2n) is 12.3. The Balaban J connectivity index is 1.58. The molecule has 230 valence electrons. The first-order valence-electron chi connectivity index (χ1n) is 14.4. The molecule has 44 heavy (non-hydrogen) atoms. The van der Waals surface area contributed by atoms with Gasteiger partial charge in [0.1, 0.15) is 34.4 Å². The molecule has 0 radical (unpaired) electrons. The lowest BCUT2D eigenvalue weighted by atomic mass is 9.97. The first-order chi connectivity index (χ1) is 20.8. The van der Waals surface area contributed by atoms with Crippen molar-refractivity contribution in [2.75, 3.05) is 0 Å². The molecular formula is C32H34F2N6O3S. The van der Waals surface area contributed by atoms with Crippen LogP contribution in [0.3, 0.4) is 0 Å². The van der Waals surface area contributed by atoms with Gasteiger partial charge in [0.05, 0.1) is 48.4 Å². The van der Waals surface area contributed by atoms with E-state index < -0.39 is 23.3 Å². The molecule has 5 heterocycles. The summed E-state index contributed by atoms with van der Waals surface area (Å²) in [7, 11) is 1.83. The molecule has 6 rings (SSSR count). The van der Waals surface area contributed by atoms with Crippen LogP contribution in [0, 0.1) is 11.6 Å². The predicted octanol–water partition coefficient (Wildman–Crippen LogP) is 7.43. The summed E-state index contributed by atoms with van der Waals surface area (Å²) < 4.78 is 46.4. The van der Waals surface area contributed by atoms with Gasteiger partial charge in [0.2, 0.25) is 0 Å². The van der Waals surface area contributed by atoms with Gasteiger partial charge in [-0.25, -0.2) is 18.6 Å². The van der Waals surface area contributed by atoms with Crippen LogP contribution in [-0.4, -0.2) is 53.3 Å². The molecule has 12 heteroatoms. The number of ether oxygens (including phenoxy) is 2. The summed E-state index contributed by atoms with van der Waals surface area (Å²) in [4.78, 5) is 19.8. The van der Waals surface area contributed by atoms with Gasteiger partial charge < -0.3 is 9.47 Å². The fraction of sp³-hybridized carbons (Fsp3) is 0.375. The van der Waals surface area contributed by atoms with E-state index in [2.05, 4.69) is 5.10 Å². The van der Waals surface area contributed by atoms with Crippen molar-refractivity contribution in [1.29, 1.82) is 0 Å². The Morgan fingerprint density at radius 1 is 1.14 bits per heavy atom. The van der Waals surface area contributed by atoms with E-state index in [1.807, 2.05) is 63.1 Å². The Hall–Kier alpha value is -4.32. The van der Waals surface area contributed by atoms with Crippen LogP contribution in [0.15, 0.2) is 42.0 Å². The summed E-state index contributed by atoms with van der Waals surface area (Å²) in [5, 5.41) is 12.0. The molecule has 0 fully saturated rings. The van der Waals surface area contributed by atoms with Crippen LogP contribution in [0.5, 0.6) is 5.75 Å². The number of halogens is 2. The highest BCUT2D eigenvalue weighted by molar-refractivity contribution is 7.18. The van der Waals surface area contributed by atoms with Crippen molar-refractivity contribution < 1.29 is 23.0 Å². The van der Waals surface area contributed by atoms with Gasteiger partial charge >= 0.3 is 6.09 Å². The van der Waals surface area contributed by atoms with Crippen LogP contribution in [0.4, 0.5) is 13.6 Å². The minimum Gasteiger partial charge on any atom is -0.490 e. The number of carbonyl (C=O) groups excluding carboxylic acids is 1. The van der Waals surface area contributed by atoms with Gasteiger partial charge in [0, 0.05) is 46.6 Å². The van der Waals surface area contributed by atoms with E-state index in [0.29, 0.717) is 29.2 Å². The zero-order valence-electron chi connectivity index (χ0n) is 25.7. The highest BCUT2D eigenvalue weighted by Gasteiger charge is 2.33. The van der Waals surface area contributed by atoms with Gasteiger partial charge in [-0.1, -0.05) is 0 Å². The zero-order valence-corrected chi connectivity index (χ0v) is 26.5. The lowest BCUT2D eigenvalue weighted by Gasteiger charge is -2.35. The molecule has 1 aliphatic rings. The number of fused-ring (bicyclic) bond motifs is 2. The Labute approximate surface area is 258 Å². The van der Waals surface area contributed by atoms with Crippen LogP contribution in [0.1, 0.15) is 47.2 Å². The van der Waals surface area contributed by atoms with Crippen molar-refractivity contribution in [1.82, 2.24) is 29.4 Å². The molecule has 0 bridgehead atoms. The summed E-state index contributed by atoms with van der Waals surface area (Å²) in [6, 6.07) is 5.69. The van der Waals surface area contributed by atoms with Gasteiger partial charge in [-0.15, -0.1) is 11.3 Å². The van der Waals surface area contributed by atoms with E-state index >= 15 is 4.39 Å². The largest absolute Gasteiger partial charge is 0.490 e. The average molecular weight is 621 g/mol. The standard InChI is InChI=1S/C32H34F2N6O3S/c1-17(2)42-25-11-20(33)10-23(34)26(25)27-29(36-28(19-13-35-38(7)15-19)22-8-9-44-30(22)27)24-12-21-16-39(18(3)14-40(21)37-24)31(41)43-32(4,5)6/h8-13,15,17-18H,14,16H2,1-7H3/t18-/m1/s1.